The predicted octanol–water partition coefficient (Wildman–Crippen LogP) is 4.05. The highest BCUT2D eigenvalue weighted by molar-refractivity contribution is 8.00. The number of carbonyl (C=O) groups excluding carboxylic acids is 1. The van der Waals surface area contributed by atoms with Crippen LogP contribution in [-0.4, -0.2) is 15.7 Å². The lowest BCUT2D eigenvalue weighted by molar-refractivity contribution is -0.120. The monoisotopic (exact) mass is 351 g/mol. The van der Waals surface area contributed by atoms with E-state index in [-0.39, 0.29) is 11.2 Å². The zero-order chi connectivity index (χ0) is 17.5. The van der Waals surface area contributed by atoms with Crippen molar-refractivity contribution in [3.05, 3.63) is 84.2 Å². The van der Waals surface area contributed by atoms with Gasteiger partial charge in [-0.05, 0) is 24.6 Å². The van der Waals surface area contributed by atoms with Gasteiger partial charge in [0.2, 0.25) is 5.91 Å². The molecule has 0 fully saturated rings. The number of aromatic nitrogens is 2. The van der Waals surface area contributed by atoms with Crippen LogP contribution in [0.5, 0.6) is 0 Å². The summed E-state index contributed by atoms with van der Waals surface area (Å²) in [6, 6.07) is 19.9. The fourth-order valence-electron chi connectivity index (χ4n) is 2.49. The average molecular weight is 351 g/mol. The van der Waals surface area contributed by atoms with Crippen molar-refractivity contribution in [2.75, 3.05) is 0 Å². The number of nitrogens with zero attached hydrogens (tertiary/aromatic N) is 2. The minimum atomic E-state index is -0.287. The maximum Gasteiger partial charge on any atom is 0.238 e. The van der Waals surface area contributed by atoms with Gasteiger partial charge in [0.15, 0.2) is 0 Å². The molecule has 4 nitrogen and oxygen atoms in total. The molecule has 0 unspecified atom stereocenters. The van der Waals surface area contributed by atoms with E-state index < -0.39 is 0 Å². The topological polar surface area (TPSA) is 46.9 Å². The standard InChI is InChI=1S/C20H21N3OS/c1-2-23-15-16(14-22-23)13-21-20(24)19(17-9-5-3-6-10-17)25-18-11-7-4-8-12-18/h3-12,14-15,19H,2,13H2,1H3,(H,21,24)/t19-/m1/s1. The molecule has 3 aromatic rings. The summed E-state index contributed by atoms with van der Waals surface area (Å²) < 4.78 is 1.86. The third-order valence-electron chi connectivity index (χ3n) is 3.82. The van der Waals surface area contributed by atoms with Gasteiger partial charge < -0.3 is 5.32 Å². The fraction of sp³-hybridized carbons (Fsp3) is 0.200. The van der Waals surface area contributed by atoms with Crippen LogP contribution in [0.4, 0.5) is 0 Å². The molecular formula is C20H21N3OS. The van der Waals surface area contributed by atoms with Crippen LogP contribution >= 0.6 is 11.8 Å². The summed E-state index contributed by atoms with van der Waals surface area (Å²) in [5.41, 5.74) is 2.00. The van der Waals surface area contributed by atoms with Crippen molar-refractivity contribution in [3.8, 4) is 0 Å². The molecule has 1 aromatic heterocycles. The third kappa shape index (κ3) is 4.73. The number of benzene rings is 2. The molecule has 2 aromatic carbocycles. The number of hydrogen-bond donors (Lipinski definition) is 1. The van der Waals surface area contributed by atoms with Crippen molar-refractivity contribution in [3.63, 3.8) is 0 Å². The third-order valence-corrected chi connectivity index (χ3v) is 5.08. The van der Waals surface area contributed by atoms with E-state index in [0.717, 1.165) is 22.6 Å². The van der Waals surface area contributed by atoms with E-state index >= 15 is 0 Å². The van der Waals surface area contributed by atoms with Crippen molar-refractivity contribution >= 4 is 17.7 Å². The molecule has 128 valence electrons. The molecule has 1 atom stereocenters. The van der Waals surface area contributed by atoms with E-state index in [1.807, 2.05) is 78.5 Å². The first-order valence-corrected chi connectivity index (χ1v) is 9.20. The largest absolute Gasteiger partial charge is 0.351 e. The Bertz CT molecular complexity index is 802. The van der Waals surface area contributed by atoms with Crippen molar-refractivity contribution in [2.45, 2.75) is 30.2 Å². The summed E-state index contributed by atoms with van der Waals surface area (Å²) in [5.74, 6) is 0.00398. The SMILES string of the molecule is CCn1cc(CNC(=O)[C@H](Sc2ccccc2)c2ccccc2)cn1. The lowest BCUT2D eigenvalue weighted by atomic mass is 10.1. The van der Waals surface area contributed by atoms with Crippen LogP contribution < -0.4 is 5.32 Å². The Balaban J connectivity index is 1.72. The molecule has 0 bridgehead atoms. The van der Waals surface area contributed by atoms with Crippen molar-refractivity contribution in [1.82, 2.24) is 15.1 Å². The molecule has 25 heavy (non-hydrogen) atoms. The summed E-state index contributed by atoms with van der Waals surface area (Å²) >= 11 is 1.56. The molecule has 5 heteroatoms. The van der Waals surface area contributed by atoms with Gasteiger partial charge in [0.1, 0.15) is 5.25 Å². The van der Waals surface area contributed by atoms with Crippen LogP contribution in [0.2, 0.25) is 0 Å². The van der Waals surface area contributed by atoms with Gasteiger partial charge in [-0.2, -0.15) is 5.10 Å². The maximum absolute atomic E-state index is 12.8. The van der Waals surface area contributed by atoms with E-state index in [2.05, 4.69) is 10.4 Å². The van der Waals surface area contributed by atoms with Crippen molar-refractivity contribution < 1.29 is 4.79 Å². The number of rotatable bonds is 7. The second kappa shape index (κ2) is 8.53. The van der Waals surface area contributed by atoms with Gasteiger partial charge in [0.25, 0.3) is 0 Å². The number of amides is 1. The van der Waals surface area contributed by atoms with Gasteiger partial charge >= 0.3 is 0 Å². The Morgan fingerprint density at radius 1 is 1.12 bits per heavy atom. The van der Waals surface area contributed by atoms with Gasteiger partial charge in [0.05, 0.1) is 6.20 Å². The first-order valence-electron chi connectivity index (χ1n) is 8.32. The number of aryl methyl sites for hydroxylation is 1. The summed E-state index contributed by atoms with van der Waals surface area (Å²) in [6.45, 7) is 3.35. The molecule has 0 spiro atoms. The van der Waals surface area contributed by atoms with Crippen molar-refractivity contribution in [1.29, 1.82) is 0 Å². The fourth-order valence-corrected chi connectivity index (χ4v) is 3.56. The molecule has 1 N–H and O–H groups in total. The second-order valence-electron chi connectivity index (χ2n) is 5.64. The summed E-state index contributed by atoms with van der Waals surface area (Å²) in [7, 11) is 0. The molecule has 3 rings (SSSR count). The Morgan fingerprint density at radius 3 is 2.44 bits per heavy atom. The molecule has 0 radical (unpaired) electrons. The quantitative estimate of drug-likeness (QED) is 0.653. The van der Waals surface area contributed by atoms with Crippen molar-refractivity contribution in [2.24, 2.45) is 0 Å². The van der Waals surface area contributed by atoms with Crippen LogP contribution in [0.15, 0.2) is 78.0 Å². The lowest BCUT2D eigenvalue weighted by Gasteiger charge is -2.17. The molecule has 0 saturated heterocycles. The van der Waals surface area contributed by atoms with E-state index in [9.17, 15) is 4.79 Å². The zero-order valence-corrected chi connectivity index (χ0v) is 14.9. The zero-order valence-electron chi connectivity index (χ0n) is 14.1. The molecule has 0 aliphatic carbocycles. The van der Waals surface area contributed by atoms with Crippen LogP contribution in [0.1, 0.15) is 23.3 Å². The Kier molecular flexibility index (Phi) is 5.90. The highest BCUT2D eigenvalue weighted by Crippen LogP contribution is 2.35. The maximum atomic E-state index is 12.8. The first kappa shape index (κ1) is 17.3. The number of carbonyl (C=O) groups is 1. The molecule has 1 heterocycles. The Hall–Kier alpha value is -2.53. The summed E-state index contributed by atoms with van der Waals surface area (Å²) in [6.07, 6.45) is 3.76. The first-order chi connectivity index (χ1) is 12.3. The minimum Gasteiger partial charge on any atom is -0.351 e. The Morgan fingerprint density at radius 2 is 1.80 bits per heavy atom. The molecule has 0 aliphatic heterocycles. The predicted molar refractivity (Wildman–Crippen MR) is 101 cm³/mol. The summed E-state index contributed by atoms with van der Waals surface area (Å²) in [4.78, 5) is 13.9. The van der Waals surface area contributed by atoms with Crippen LogP contribution in [0, 0.1) is 0 Å². The highest BCUT2D eigenvalue weighted by Gasteiger charge is 2.21. The number of hydrogen-bond acceptors (Lipinski definition) is 3. The van der Waals surface area contributed by atoms with Crippen LogP contribution in [0.3, 0.4) is 0 Å². The molecule has 0 saturated carbocycles. The van der Waals surface area contributed by atoms with E-state index in [1.54, 1.807) is 18.0 Å². The number of nitrogens with one attached hydrogen (secondary N) is 1. The Labute approximate surface area is 152 Å². The highest BCUT2D eigenvalue weighted by atomic mass is 32.2. The van der Waals surface area contributed by atoms with E-state index in [0.29, 0.717) is 6.54 Å². The van der Waals surface area contributed by atoms with Gasteiger partial charge in [-0.1, -0.05) is 48.5 Å². The molecular weight excluding hydrogens is 330 g/mol. The van der Waals surface area contributed by atoms with E-state index in [4.69, 9.17) is 0 Å². The van der Waals surface area contributed by atoms with Crippen LogP contribution in [-0.2, 0) is 17.9 Å². The molecule has 0 aliphatic rings. The average Bonchev–Trinajstić information content (AvgIpc) is 3.14. The van der Waals surface area contributed by atoms with Gasteiger partial charge in [0, 0.05) is 29.7 Å². The number of thioether (sulfide) groups is 1. The van der Waals surface area contributed by atoms with Crippen LogP contribution in [0.25, 0.3) is 0 Å². The van der Waals surface area contributed by atoms with Gasteiger partial charge in [-0.15, -0.1) is 11.8 Å². The lowest BCUT2D eigenvalue weighted by Crippen LogP contribution is -2.27. The minimum absolute atomic E-state index is 0.00398. The molecule has 1 amide bonds. The second-order valence-corrected chi connectivity index (χ2v) is 6.82. The smallest absolute Gasteiger partial charge is 0.238 e. The normalized spacial score (nSPS) is 11.9. The van der Waals surface area contributed by atoms with Gasteiger partial charge in [-0.3, -0.25) is 9.48 Å². The summed E-state index contributed by atoms with van der Waals surface area (Å²) in [5, 5.41) is 7.00. The van der Waals surface area contributed by atoms with E-state index in [1.165, 1.54) is 0 Å². The van der Waals surface area contributed by atoms with Gasteiger partial charge in [-0.25, -0.2) is 0 Å².